The lowest BCUT2D eigenvalue weighted by Gasteiger charge is -2.27. The molecule has 94 valence electrons. The van der Waals surface area contributed by atoms with Crippen molar-refractivity contribution < 1.29 is 4.79 Å². The Hall–Kier alpha value is -0.590. The van der Waals surface area contributed by atoms with E-state index in [4.69, 9.17) is 0 Å². The molecule has 1 aliphatic rings. The monoisotopic (exact) mass is 317 g/mol. The number of nitrogens with zero attached hydrogens (tertiary/aromatic N) is 1. The van der Waals surface area contributed by atoms with Crippen LogP contribution in [0.5, 0.6) is 0 Å². The highest BCUT2D eigenvalue weighted by Gasteiger charge is 2.15. The van der Waals surface area contributed by atoms with Gasteiger partial charge in [0.15, 0.2) is 0 Å². The van der Waals surface area contributed by atoms with Crippen molar-refractivity contribution >= 4 is 33.3 Å². The van der Waals surface area contributed by atoms with Gasteiger partial charge in [-0.3, -0.25) is 0 Å². The van der Waals surface area contributed by atoms with Gasteiger partial charge in [-0.1, -0.05) is 0 Å². The summed E-state index contributed by atoms with van der Waals surface area (Å²) < 4.78 is 1.12. The molecule has 0 aromatic carbocycles. The zero-order valence-electron chi connectivity index (χ0n) is 9.54. The topological polar surface area (TPSA) is 44.4 Å². The van der Waals surface area contributed by atoms with Gasteiger partial charge in [-0.25, -0.2) is 4.79 Å². The molecular formula is C11H16BrN3OS. The van der Waals surface area contributed by atoms with Crippen LogP contribution in [0.4, 0.5) is 4.79 Å². The number of hydrogen-bond acceptors (Lipinski definition) is 3. The minimum absolute atomic E-state index is 0.0575. The number of urea groups is 1. The zero-order valence-corrected chi connectivity index (χ0v) is 11.9. The lowest BCUT2D eigenvalue weighted by atomic mass is 10.3. The number of amides is 2. The first-order valence-corrected chi connectivity index (χ1v) is 7.39. The number of nitrogens with one attached hydrogen (secondary N) is 2. The van der Waals surface area contributed by atoms with E-state index in [0.29, 0.717) is 6.54 Å². The molecule has 1 fully saturated rings. The Morgan fingerprint density at radius 1 is 1.53 bits per heavy atom. The number of carbonyl (C=O) groups is 1. The van der Waals surface area contributed by atoms with Gasteiger partial charge in [-0.15, -0.1) is 11.3 Å². The number of hydrogen-bond donors (Lipinski definition) is 2. The van der Waals surface area contributed by atoms with Gasteiger partial charge in [0.2, 0.25) is 0 Å². The SMILES string of the molecule is O=C(NCCc1cc(Br)cs1)N1CCNCC1. The maximum atomic E-state index is 11.8. The van der Waals surface area contributed by atoms with Crippen LogP contribution in [-0.2, 0) is 6.42 Å². The summed E-state index contributed by atoms with van der Waals surface area (Å²) in [4.78, 5) is 14.9. The molecule has 2 amide bonds. The molecule has 0 radical (unpaired) electrons. The van der Waals surface area contributed by atoms with Gasteiger partial charge in [-0.05, 0) is 28.4 Å². The van der Waals surface area contributed by atoms with Crippen LogP contribution in [-0.4, -0.2) is 43.7 Å². The average molecular weight is 318 g/mol. The van der Waals surface area contributed by atoms with E-state index < -0.39 is 0 Å². The largest absolute Gasteiger partial charge is 0.338 e. The maximum Gasteiger partial charge on any atom is 0.317 e. The molecular weight excluding hydrogens is 302 g/mol. The van der Waals surface area contributed by atoms with Gasteiger partial charge in [0.25, 0.3) is 0 Å². The van der Waals surface area contributed by atoms with Gasteiger partial charge in [0, 0.05) is 47.5 Å². The molecule has 0 bridgehead atoms. The van der Waals surface area contributed by atoms with E-state index in [9.17, 15) is 4.79 Å². The minimum Gasteiger partial charge on any atom is -0.338 e. The lowest BCUT2D eigenvalue weighted by molar-refractivity contribution is 0.190. The summed E-state index contributed by atoms with van der Waals surface area (Å²) >= 11 is 5.14. The highest BCUT2D eigenvalue weighted by Crippen LogP contribution is 2.19. The van der Waals surface area contributed by atoms with Crippen molar-refractivity contribution in [2.24, 2.45) is 0 Å². The molecule has 1 saturated heterocycles. The highest BCUT2D eigenvalue weighted by molar-refractivity contribution is 9.10. The molecule has 1 aromatic heterocycles. The van der Waals surface area contributed by atoms with E-state index in [1.807, 2.05) is 4.90 Å². The molecule has 0 saturated carbocycles. The molecule has 2 rings (SSSR count). The molecule has 6 heteroatoms. The normalized spacial score (nSPS) is 15.9. The van der Waals surface area contributed by atoms with E-state index in [-0.39, 0.29) is 6.03 Å². The van der Waals surface area contributed by atoms with Crippen molar-refractivity contribution in [1.82, 2.24) is 15.5 Å². The van der Waals surface area contributed by atoms with Crippen molar-refractivity contribution in [3.63, 3.8) is 0 Å². The average Bonchev–Trinajstić information content (AvgIpc) is 2.76. The molecule has 2 N–H and O–H groups in total. The molecule has 17 heavy (non-hydrogen) atoms. The van der Waals surface area contributed by atoms with E-state index in [1.54, 1.807) is 11.3 Å². The van der Waals surface area contributed by atoms with Gasteiger partial charge in [0.05, 0.1) is 0 Å². The molecule has 0 aliphatic carbocycles. The van der Waals surface area contributed by atoms with Crippen LogP contribution in [0.2, 0.25) is 0 Å². The Balaban J connectivity index is 1.69. The van der Waals surface area contributed by atoms with Crippen LogP contribution in [0.3, 0.4) is 0 Å². The quantitative estimate of drug-likeness (QED) is 0.890. The Morgan fingerprint density at radius 2 is 2.29 bits per heavy atom. The van der Waals surface area contributed by atoms with E-state index in [0.717, 1.165) is 37.1 Å². The van der Waals surface area contributed by atoms with Crippen LogP contribution < -0.4 is 10.6 Å². The first kappa shape index (κ1) is 12.9. The molecule has 2 heterocycles. The number of piperazine rings is 1. The molecule has 0 unspecified atom stereocenters. The van der Waals surface area contributed by atoms with Crippen molar-refractivity contribution in [2.45, 2.75) is 6.42 Å². The Bertz CT molecular complexity index is 377. The summed E-state index contributed by atoms with van der Waals surface area (Å²) in [6.07, 6.45) is 0.897. The number of thiophene rings is 1. The minimum atomic E-state index is 0.0575. The first-order valence-electron chi connectivity index (χ1n) is 5.72. The fraction of sp³-hybridized carbons (Fsp3) is 0.545. The summed E-state index contributed by atoms with van der Waals surface area (Å²) in [5, 5.41) is 8.25. The van der Waals surface area contributed by atoms with E-state index in [2.05, 4.69) is 38.0 Å². The Labute approximate surface area is 114 Å². The first-order chi connectivity index (χ1) is 8.25. The number of halogens is 1. The predicted molar refractivity (Wildman–Crippen MR) is 73.6 cm³/mol. The summed E-state index contributed by atoms with van der Waals surface area (Å²) in [7, 11) is 0. The lowest BCUT2D eigenvalue weighted by Crippen LogP contribution is -2.50. The number of carbonyl (C=O) groups excluding carboxylic acids is 1. The number of rotatable bonds is 3. The Morgan fingerprint density at radius 3 is 2.94 bits per heavy atom. The van der Waals surface area contributed by atoms with Crippen LogP contribution >= 0.6 is 27.3 Å². The molecule has 1 aromatic rings. The third-order valence-electron chi connectivity index (χ3n) is 2.67. The Kier molecular flexibility index (Phi) is 4.82. The second-order valence-electron chi connectivity index (χ2n) is 3.95. The van der Waals surface area contributed by atoms with Gasteiger partial charge in [0.1, 0.15) is 0 Å². The molecule has 0 atom stereocenters. The third kappa shape index (κ3) is 3.97. The van der Waals surface area contributed by atoms with Crippen molar-refractivity contribution in [2.75, 3.05) is 32.7 Å². The predicted octanol–water partition coefficient (Wildman–Crippen LogP) is 1.67. The summed E-state index contributed by atoms with van der Waals surface area (Å²) in [6, 6.07) is 2.16. The fourth-order valence-corrected chi connectivity index (χ4v) is 3.21. The zero-order chi connectivity index (χ0) is 12.1. The van der Waals surface area contributed by atoms with Crippen LogP contribution in [0, 0.1) is 0 Å². The second-order valence-corrected chi connectivity index (χ2v) is 5.86. The molecule has 0 spiro atoms. The van der Waals surface area contributed by atoms with Crippen LogP contribution in [0.1, 0.15) is 4.88 Å². The molecule has 1 aliphatic heterocycles. The van der Waals surface area contributed by atoms with Crippen LogP contribution in [0.25, 0.3) is 0 Å². The third-order valence-corrected chi connectivity index (χ3v) is 4.43. The fourth-order valence-electron chi connectivity index (χ4n) is 1.76. The van der Waals surface area contributed by atoms with Gasteiger partial charge < -0.3 is 15.5 Å². The van der Waals surface area contributed by atoms with E-state index in [1.165, 1.54) is 4.88 Å². The van der Waals surface area contributed by atoms with Gasteiger partial charge >= 0.3 is 6.03 Å². The summed E-state index contributed by atoms with van der Waals surface area (Å²) in [6.45, 7) is 4.10. The smallest absolute Gasteiger partial charge is 0.317 e. The summed E-state index contributed by atoms with van der Waals surface area (Å²) in [5.41, 5.74) is 0. The maximum absolute atomic E-state index is 11.8. The standard InChI is InChI=1S/C11H16BrN3OS/c12-9-7-10(17-8-9)1-2-14-11(16)15-5-3-13-4-6-15/h7-8,13H,1-6H2,(H,14,16). The van der Waals surface area contributed by atoms with Crippen molar-refractivity contribution in [1.29, 1.82) is 0 Å². The summed E-state index contributed by atoms with van der Waals surface area (Å²) in [5.74, 6) is 0. The highest BCUT2D eigenvalue weighted by atomic mass is 79.9. The van der Waals surface area contributed by atoms with Gasteiger partial charge in [-0.2, -0.15) is 0 Å². The van der Waals surface area contributed by atoms with E-state index >= 15 is 0 Å². The van der Waals surface area contributed by atoms with Crippen molar-refractivity contribution in [3.05, 3.63) is 20.8 Å². The van der Waals surface area contributed by atoms with Crippen molar-refractivity contribution in [3.8, 4) is 0 Å². The molecule has 4 nitrogen and oxygen atoms in total. The van der Waals surface area contributed by atoms with Crippen LogP contribution in [0.15, 0.2) is 15.9 Å². The second kappa shape index (κ2) is 6.37.